The summed E-state index contributed by atoms with van der Waals surface area (Å²) in [4.78, 5) is 45.6. The summed E-state index contributed by atoms with van der Waals surface area (Å²) in [6.45, 7) is 13.4. The first-order chi connectivity index (χ1) is 14.5. The van der Waals surface area contributed by atoms with Crippen molar-refractivity contribution in [3.05, 3.63) is 26.9 Å². The predicted octanol–water partition coefficient (Wildman–Crippen LogP) is 2.01. The predicted molar refractivity (Wildman–Crippen MR) is 123 cm³/mol. The third kappa shape index (κ3) is 4.83. The lowest BCUT2D eigenvalue weighted by Crippen LogP contribution is -2.50. The van der Waals surface area contributed by atoms with Crippen LogP contribution >= 0.6 is 0 Å². The van der Waals surface area contributed by atoms with Crippen molar-refractivity contribution in [2.45, 2.75) is 47.1 Å². The zero-order valence-corrected chi connectivity index (χ0v) is 19.8. The van der Waals surface area contributed by atoms with Crippen LogP contribution in [0.4, 0.5) is 10.7 Å². The minimum atomic E-state index is -0.543. The van der Waals surface area contributed by atoms with Gasteiger partial charge in [-0.3, -0.25) is 18.5 Å². The first kappa shape index (κ1) is 24.2. The molecule has 1 aliphatic rings. The van der Waals surface area contributed by atoms with Crippen molar-refractivity contribution in [2.24, 2.45) is 14.1 Å². The fraction of sp³-hybridized carbons (Fsp3) is 0.619. The number of carbonyl (C=O) groups excluding carboxylic acids is 1. The van der Waals surface area contributed by atoms with Crippen LogP contribution in [0.3, 0.4) is 0 Å². The molecule has 1 saturated heterocycles. The van der Waals surface area contributed by atoms with E-state index in [2.05, 4.69) is 4.98 Å². The lowest BCUT2D eigenvalue weighted by molar-refractivity contribution is 0.0240. The number of nitrogens with zero attached hydrogens (tertiary/aromatic N) is 6. The van der Waals surface area contributed by atoms with Crippen molar-refractivity contribution in [3.8, 4) is 0 Å². The number of amides is 1. The second-order valence-corrected chi connectivity index (χ2v) is 8.10. The maximum absolute atomic E-state index is 12.7. The minimum Gasteiger partial charge on any atom is -0.444 e. The molecule has 0 unspecified atom stereocenters. The van der Waals surface area contributed by atoms with Crippen LogP contribution < -0.4 is 16.1 Å². The number of ether oxygens (including phenoxy) is 1. The molecule has 0 aromatic carbocycles. The standard InChI is InChI=1S/C19H28N6O4.C2H6/c1-7-8-25-13-14(21(5)17(27)22(6)15(13)26)20-16(25)23-9-11-24(12-10-23)18(28)29-19(2,3)4;1-2/h7-8H,9-12H2,1-6H3;1-2H3. The molecule has 3 rings (SSSR count). The van der Waals surface area contributed by atoms with Gasteiger partial charge in [-0.05, 0) is 27.7 Å². The second-order valence-electron chi connectivity index (χ2n) is 8.10. The molecule has 10 heteroatoms. The molecule has 1 amide bonds. The Bertz CT molecular complexity index is 1080. The van der Waals surface area contributed by atoms with Crippen LogP contribution in [-0.4, -0.2) is 61.5 Å². The average Bonchev–Trinajstić information content (AvgIpc) is 3.11. The first-order valence-corrected chi connectivity index (χ1v) is 10.6. The van der Waals surface area contributed by atoms with Gasteiger partial charge in [-0.2, -0.15) is 4.98 Å². The normalized spacial score (nSPS) is 14.7. The molecule has 3 heterocycles. The quantitative estimate of drug-likeness (QED) is 0.718. The van der Waals surface area contributed by atoms with Crippen LogP contribution in [0, 0.1) is 0 Å². The van der Waals surface area contributed by atoms with Gasteiger partial charge in [0.2, 0.25) is 5.95 Å². The van der Waals surface area contributed by atoms with Gasteiger partial charge in [0.25, 0.3) is 5.56 Å². The Morgan fingerprint density at radius 2 is 1.61 bits per heavy atom. The summed E-state index contributed by atoms with van der Waals surface area (Å²) in [5.74, 6) is 0.570. The molecule has 0 atom stereocenters. The van der Waals surface area contributed by atoms with Gasteiger partial charge in [-0.1, -0.05) is 19.9 Å². The maximum Gasteiger partial charge on any atom is 0.410 e. The van der Waals surface area contributed by atoms with E-state index in [1.54, 1.807) is 22.7 Å². The molecule has 0 aliphatic carbocycles. The molecule has 1 fully saturated rings. The number of carbonyl (C=O) groups is 1. The fourth-order valence-electron chi connectivity index (χ4n) is 3.33. The van der Waals surface area contributed by atoms with E-state index in [1.165, 1.54) is 11.6 Å². The van der Waals surface area contributed by atoms with Crippen molar-refractivity contribution >= 4 is 29.4 Å². The Kier molecular flexibility index (Phi) is 7.35. The number of piperazine rings is 1. The van der Waals surface area contributed by atoms with E-state index in [-0.39, 0.29) is 6.09 Å². The lowest BCUT2D eigenvalue weighted by atomic mass is 10.2. The largest absolute Gasteiger partial charge is 0.444 e. The Balaban J connectivity index is 0.00000166. The smallest absolute Gasteiger partial charge is 0.410 e. The number of aromatic nitrogens is 4. The van der Waals surface area contributed by atoms with E-state index in [4.69, 9.17) is 4.74 Å². The molecule has 172 valence electrons. The SMILES string of the molecule is CC.CC=Cn1c(N2CCN(C(=O)OC(C)(C)C)CC2)nc2c1c(=O)n(C)c(=O)n2C. The summed E-state index contributed by atoms with van der Waals surface area (Å²) in [6, 6.07) is 0. The van der Waals surface area contributed by atoms with Gasteiger partial charge >= 0.3 is 11.8 Å². The van der Waals surface area contributed by atoms with Gasteiger partial charge in [-0.25, -0.2) is 9.59 Å². The van der Waals surface area contributed by atoms with Gasteiger partial charge in [0.15, 0.2) is 11.2 Å². The van der Waals surface area contributed by atoms with Crippen LogP contribution in [-0.2, 0) is 18.8 Å². The Morgan fingerprint density at radius 1 is 1.03 bits per heavy atom. The zero-order valence-electron chi connectivity index (χ0n) is 19.8. The number of fused-ring (bicyclic) bond motifs is 1. The van der Waals surface area contributed by atoms with E-state index < -0.39 is 16.9 Å². The summed E-state index contributed by atoms with van der Waals surface area (Å²) in [7, 11) is 3.05. The molecule has 0 radical (unpaired) electrons. The summed E-state index contributed by atoms with van der Waals surface area (Å²) in [5, 5.41) is 0. The number of anilines is 1. The average molecular weight is 435 g/mol. The van der Waals surface area contributed by atoms with Gasteiger partial charge in [-0.15, -0.1) is 0 Å². The molecule has 0 spiro atoms. The van der Waals surface area contributed by atoms with Crippen LogP contribution in [0.2, 0.25) is 0 Å². The molecule has 0 saturated carbocycles. The third-order valence-electron chi connectivity index (χ3n) is 4.79. The molecule has 10 nitrogen and oxygen atoms in total. The van der Waals surface area contributed by atoms with Crippen molar-refractivity contribution in [1.29, 1.82) is 0 Å². The van der Waals surface area contributed by atoms with Gasteiger partial charge < -0.3 is 14.5 Å². The fourth-order valence-corrected chi connectivity index (χ4v) is 3.33. The van der Waals surface area contributed by atoms with E-state index in [9.17, 15) is 14.4 Å². The summed E-state index contributed by atoms with van der Waals surface area (Å²) in [5.41, 5.74) is -0.682. The highest BCUT2D eigenvalue weighted by Crippen LogP contribution is 2.22. The molecule has 2 aromatic rings. The van der Waals surface area contributed by atoms with Crippen LogP contribution in [0.15, 0.2) is 15.7 Å². The summed E-state index contributed by atoms with van der Waals surface area (Å²) < 4.78 is 9.60. The number of allylic oxidation sites excluding steroid dienone is 1. The van der Waals surface area contributed by atoms with Gasteiger partial charge in [0.1, 0.15) is 5.60 Å². The molecule has 31 heavy (non-hydrogen) atoms. The minimum absolute atomic E-state index is 0.334. The van der Waals surface area contributed by atoms with Crippen molar-refractivity contribution in [2.75, 3.05) is 31.1 Å². The number of hydrogen-bond acceptors (Lipinski definition) is 6. The molecule has 0 N–H and O–H groups in total. The Morgan fingerprint density at radius 3 is 2.13 bits per heavy atom. The van der Waals surface area contributed by atoms with Crippen LogP contribution in [0.25, 0.3) is 17.4 Å². The number of hydrogen-bond donors (Lipinski definition) is 0. The summed E-state index contributed by atoms with van der Waals surface area (Å²) in [6.07, 6.45) is 3.23. The lowest BCUT2D eigenvalue weighted by Gasteiger charge is -2.36. The third-order valence-corrected chi connectivity index (χ3v) is 4.79. The molecular formula is C21H34N6O4. The monoisotopic (exact) mass is 434 g/mol. The van der Waals surface area contributed by atoms with Crippen molar-refractivity contribution < 1.29 is 9.53 Å². The highest BCUT2D eigenvalue weighted by atomic mass is 16.6. The Hall–Kier alpha value is -3.04. The number of aryl methyl sites for hydroxylation is 1. The first-order valence-electron chi connectivity index (χ1n) is 10.6. The van der Waals surface area contributed by atoms with E-state index in [0.717, 1.165) is 4.57 Å². The Labute approximate surface area is 182 Å². The van der Waals surface area contributed by atoms with Crippen molar-refractivity contribution in [3.63, 3.8) is 0 Å². The van der Waals surface area contributed by atoms with Crippen LogP contribution in [0.1, 0.15) is 41.5 Å². The second kappa shape index (κ2) is 9.40. The molecule has 1 aliphatic heterocycles. The summed E-state index contributed by atoms with van der Waals surface area (Å²) >= 11 is 0. The highest BCUT2D eigenvalue weighted by molar-refractivity contribution is 5.78. The van der Waals surface area contributed by atoms with Crippen molar-refractivity contribution in [1.82, 2.24) is 23.6 Å². The van der Waals surface area contributed by atoms with Crippen LogP contribution in [0.5, 0.6) is 0 Å². The molecule has 2 aromatic heterocycles. The zero-order chi connectivity index (χ0) is 23.5. The van der Waals surface area contributed by atoms with E-state index in [0.29, 0.717) is 43.3 Å². The highest BCUT2D eigenvalue weighted by Gasteiger charge is 2.29. The van der Waals surface area contributed by atoms with E-state index in [1.807, 2.05) is 52.5 Å². The topological polar surface area (TPSA) is 94.6 Å². The number of imidazole rings is 1. The maximum atomic E-state index is 12.7. The van der Waals surface area contributed by atoms with Gasteiger partial charge in [0.05, 0.1) is 0 Å². The van der Waals surface area contributed by atoms with E-state index >= 15 is 0 Å². The molecular weight excluding hydrogens is 400 g/mol. The number of rotatable bonds is 2. The molecule has 0 bridgehead atoms. The van der Waals surface area contributed by atoms with Gasteiger partial charge in [0, 0.05) is 46.5 Å².